The average molecular weight is 328 g/mol. The normalized spacial score (nSPS) is 10.5. The quantitative estimate of drug-likeness (QED) is 0.883. The Bertz CT molecular complexity index is 528. The van der Waals surface area contributed by atoms with Crippen molar-refractivity contribution >= 4 is 15.9 Å². The predicted molar refractivity (Wildman–Crippen MR) is 72.1 cm³/mol. The van der Waals surface area contributed by atoms with Gasteiger partial charge in [-0.1, -0.05) is 5.16 Å². The van der Waals surface area contributed by atoms with Crippen LogP contribution in [-0.4, -0.2) is 16.9 Å². The molecule has 1 aromatic heterocycles. The standard InChI is InChI=1S/C13H14BrNO4/c1-2-17-12-6-9(7-16)5-11(14)13(12)18-8-10-3-4-15-19-10/h3-6,16H,2,7-8H2,1H3. The minimum atomic E-state index is -0.0545. The van der Waals surface area contributed by atoms with E-state index in [-0.39, 0.29) is 13.2 Å². The van der Waals surface area contributed by atoms with Crippen LogP contribution in [0.2, 0.25) is 0 Å². The van der Waals surface area contributed by atoms with Crippen LogP contribution in [-0.2, 0) is 13.2 Å². The van der Waals surface area contributed by atoms with Gasteiger partial charge in [0.05, 0.1) is 23.9 Å². The van der Waals surface area contributed by atoms with Crippen molar-refractivity contribution in [2.24, 2.45) is 0 Å². The maximum atomic E-state index is 9.19. The van der Waals surface area contributed by atoms with Crippen LogP contribution in [0.15, 0.2) is 33.4 Å². The van der Waals surface area contributed by atoms with Crippen LogP contribution in [0.4, 0.5) is 0 Å². The van der Waals surface area contributed by atoms with Crippen LogP contribution in [0.1, 0.15) is 18.2 Å². The highest BCUT2D eigenvalue weighted by molar-refractivity contribution is 9.10. The number of rotatable bonds is 6. The first-order chi connectivity index (χ1) is 9.24. The molecule has 19 heavy (non-hydrogen) atoms. The maximum Gasteiger partial charge on any atom is 0.176 e. The number of halogens is 1. The molecule has 0 saturated heterocycles. The van der Waals surface area contributed by atoms with Crippen molar-refractivity contribution in [1.29, 1.82) is 0 Å². The fourth-order valence-corrected chi connectivity index (χ4v) is 2.18. The molecule has 2 aromatic rings. The van der Waals surface area contributed by atoms with E-state index in [9.17, 15) is 5.11 Å². The van der Waals surface area contributed by atoms with E-state index in [0.29, 0.717) is 23.9 Å². The highest BCUT2D eigenvalue weighted by Gasteiger charge is 2.13. The number of aliphatic hydroxyl groups is 1. The average Bonchev–Trinajstić information content (AvgIpc) is 2.91. The molecule has 0 aliphatic heterocycles. The molecule has 0 fully saturated rings. The summed E-state index contributed by atoms with van der Waals surface area (Å²) in [7, 11) is 0. The molecule has 0 spiro atoms. The summed E-state index contributed by atoms with van der Waals surface area (Å²) in [4.78, 5) is 0. The Morgan fingerprint density at radius 3 is 2.84 bits per heavy atom. The smallest absolute Gasteiger partial charge is 0.176 e. The van der Waals surface area contributed by atoms with Crippen LogP contribution in [0.25, 0.3) is 0 Å². The van der Waals surface area contributed by atoms with Gasteiger partial charge < -0.3 is 19.1 Å². The van der Waals surface area contributed by atoms with Gasteiger partial charge >= 0.3 is 0 Å². The van der Waals surface area contributed by atoms with E-state index < -0.39 is 0 Å². The van der Waals surface area contributed by atoms with Crippen molar-refractivity contribution in [1.82, 2.24) is 5.16 Å². The van der Waals surface area contributed by atoms with Gasteiger partial charge in [0.25, 0.3) is 0 Å². The van der Waals surface area contributed by atoms with Gasteiger partial charge in [-0.15, -0.1) is 0 Å². The van der Waals surface area contributed by atoms with Gasteiger partial charge in [-0.25, -0.2) is 0 Å². The zero-order valence-electron chi connectivity index (χ0n) is 10.4. The molecule has 0 saturated carbocycles. The number of benzene rings is 1. The zero-order valence-corrected chi connectivity index (χ0v) is 12.0. The summed E-state index contributed by atoms with van der Waals surface area (Å²) >= 11 is 3.41. The largest absolute Gasteiger partial charge is 0.490 e. The first-order valence-electron chi connectivity index (χ1n) is 5.83. The molecule has 2 rings (SSSR count). The third-order valence-corrected chi connectivity index (χ3v) is 2.99. The number of nitrogens with zero attached hydrogens (tertiary/aromatic N) is 1. The van der Waals surface area contributed by atoms with Gasteiger partial charge in [0.1, 0.15) is 6.61 Å². The topological polar surface area (TPSA) is 64.7 Å². The van der Waals surface area contributed by atoms with Crippen molar-refractivity contribution in [3.63, 3.8) is 0 Å². The summed E-state index contributed by atoms with van der Waals surface area (Å²) in [6.45, 7) is 2.61. The van der Waals surface area contributed by atoms with Gasteiger partial charge in [-0.3, -0.25) is 0 Å². The van der Waals surface area contributed by atoms with E-state index in [2.05, 4.69) is 21.1 Å². The number of hydrogen-bond donors (Lipinski definition) is 1. The number of ether oxygens (including phenoxy) is 2. The molecular weight excluding hydrogens is 314 g/mol. The lowest BCUT2D eigenvalue weighted by atomic mass is 10.2. The zero-order chi connectivity index (χ0) is 13.7. The molecule has 6 heteroatoms. The van der Waals surface area contributed by atoms with E-state index in [1.54, 1.807) is 24.4 Å². The van der Waals surface area contributed by atoms with Gasteiger partial charge in [-0.05, 0) is 40.5 Å². The minimum Gasteiger partial charge on any atom is -0.490 e. The molecule has 0 amide bonds. The lowest BCUT2D eigenvalue weighted by Crippen LogP contribution is -2.01. The van der Waals surface area contributed by atoms with E-state index in [1.807, 2.05) is 6.92 Å². The molecule has 0 atom stereocenters. The van der Waals surface area contributed by atoms with Crippen LogP contribution < -0.4 is 9.47 Å². The van der Waals surface area contributed by atoms with Crippen molar-refractivity contribution in [2.45, 2.75) is 20.1 Å². The van der Waals surface area contributed by atoms with Crippen molar-refractivity contribution in [2.75, 3.05) is 6.61 Å². The lowest BCUT2D eigenvalue weighted by molar-refractivity contribution is 0.231. The second-order valence-corrected chi connectivity index (χ2v) is 4.62. The Balaban J connectivity index is 2.21. The monoisotopic (exact) mass is 327 g/mol. The van der Waals surface area contributed by atoms with Crippen LogP contribution in [0, 0.1) is 0 Å². The van der Waals surface area contributed by atoms with Crippen LogP contribution in [0.5, 0.6) is 11.5 Å². The highest BCUT2D eigenvalue weighted by Crippen LogP contribution is 2.37. The maximum absolute atomic E-state index is 9.19. The molecule has 0 unspecified atom stereocenters. The lowest BCUT2D eigenvalue weighted by Gasteiger charge is -2.14. The Labute approximate surface area is 119 Å². The molecule has 1 heterocycles. The number of hydrogen-bond acceptors (Lipinski definition) is 5. The first-order valence-corrected chi connectivity index (χ1v) is 6.62. The molecule has 102 valence electrons. The summed E-state index contributed by atoms with van der Waals surface area (Å²) in [5.74, 6) is 1.79. The van der Waals surface area contributed by atoms with E-state index in [4.69, 9.17) is 14.0 Å². The molecule has 0 aliphatic rings. The van der Waals surface area contributed by atoms with E-state index in [1.165, 1.54) is 0 Å². The van der Waals surface area contributed by atoms with Gasteiger partial charge in [0.15, 0.2) is 17.3 Å². The summed E-state index contributed by atoms with van der Waals surface area (Å²) in [6, 6.07) is 5.28. The molecule has 1 N–H and O–H groups in total. The van der Waals surface area contributed by atoms with Crippen molar-refractivity contribution < 1.29 is 19.1 Å². The second kappa shape index (κ2) is 6.58. The highest BCUT2D eigenvalue weighted by atomic mass is 79.9. The summed E-state index contributed by atoms with van der Waals surface area (Å²) in [5.41, 5.74) is 0.752. The van der Waals surface area contributed by atoms with E-state index in [0.717, 1.165) is 10.0 Å². The molecule has 5 nitrogen and oxygen atoms in total. The third-order valence-electron chi connectivity index (χ3n) is 2.40. The van der Waals surface area contributed by atoms with Crippen molar-refractivity contribution in [3.05, 3.63) is 40.2 Å². The van der Waals surface area contributed by atoms with E-state index >= 15 is 0 Å². The Hall–Kier alpha value is -1.53. The molecule has 1 aromatic carbocycles. The third kappa shape index (κ3) is 3.48. The Kier molecular flexibility index (Phi) is 4.81. The first kappa shape index (κ1) is 13.9. The van der Waals surface area contributed by atoms with Crippen molar-refractivity contribution in [3.8, 4) is 11.5 Å². The summed E-state index contributed by atoms with van der Waals surface area (Å²) < 4.78 is 16.9. The van der Waals surface area contributed by atoms with Gasteiger partial charge in [0.2, 0.25) is 0 Å². The number of aliphatic hydroxyl groups excluding tert-OH is 1. The summed E-state index contributed by atoms with van der Waals surface area (Å²) in [5, 5.41) is 12.8. The second-order valence-electron chi connectivity index (χ2n) is 3.76. The fourth-order valence-electron chi connectivity index (χ4n) is 1.58. The van der Waals surface area contributed by atoms with Gasteiger partial charge in [0, 0.05) is 6.07 Å². The SMILES string of the molecule is CCOc1cc(CO)cc(Br)c1OCc1ccno1. The molecule has 0 aliphatic carbocycles. The minimum absolute atomic E-state index is 0.0545. The fraction of sp³-hybridized carbons (Fsp3) is 0.308. The van der Waals surface area contributed by atoms with Crippen LogP contribution >= 0.6 is 15.9 Å². The summed E-state index contributed by atoms with van der Waals surface area (Å²) in [6.07, 6.45) is 1.56. The predicted octanol–water partition coefficient (Wildman–Crippen LogP) is 2.91. The number of aromatic nitrogens is 1. The Morgan fingerprint density at radius 1 is 1.37 bits per heavy atom. The van der Waals surface area contributed by atoms with Crippen LogP contribution in [0.3, 0.4) is 0 Å². The molecular formula is C13H14BrNO4. The molecule has 0 bridgehead atoms. The Morgan fingerprint density at radius 2 is 2.21 bits per heavy atom. The molecule has 0 radical (unpaired) electrons. The van der Waals surface area contributed by atoms with Gasteiger partial charge in [-0.2, -0.15) is 0 Å².